The second-order valence-corrected chi connectivity index (χ2v) is 9.20. The van der Waals surface area contributed by atoms with E-state index in [1.165, 1.54) is 23.1 Å². The highest BCUT2D eigenvalue weighted by atomic mass is 32.1. The Bertz CT molecular complexity index is 1190. The Balaban J connectivity index is 1.75. The van der Waals surface area contributed by atoms with Crippen molar-refractivity contribution in [2.75, 3.05) is 26.8 Å². The number of carbonyl (C=O) groups is 2. The van der Waals surface area contributed by atoms with Crippen LogP contribution in [-0.4, -0.2) is 53.3 Å². The Hall–Kier alpha value is -3.82. The van der Waals surface area contributed by atoms with E-state index in [-0.39, 0.29) is 37.2 Å². The van der Waals surface area contributed by atoms with Crippen LogP contribution < -0.4 is 0 Å². The molecule has 2 amide bonds. The molecule has 3 aromatic rings. The number of rotatable bonds is 12. The van der Waals surface area contributed by atoms with Crippen molar-refractivity contribution in [2.24, 2.45) is 0 Å². The zero-order valence-electron chi connectivity index (χ0n) is 20.3. The quantitative estimate of drug-likeness (QED) is 0.202. The lowest BCUT2D eigenvalue weighted by Crippen LogP contribution is -2.43. The first kappa shape index (κ1) is 26.8. The minimum Gasteiger partial charge on any atom is -0.383 e. The molecule has 36 heavy (non-hydrogen) atoms. The highest BCUT2D eigenvalue weighted by Gasteiger charge is 2.21. The Labute approximate surface area is 214 Å². The van der Waals surface area contributed by atoms with Crippen LogP contribution in [0.3, 0.4) is 0 Å². The predicted octanol–water partition coefficient (Wildman–Crippen LogP) is 4.68. The van der Waals surface area contributed by atoms with Gasteiger partial charge in [0.2, 0.25) is 11.8 Å². The first-order valence-electron chi connectivity index (χ1n) is 11.4. The summed E-state index contributed by atoms with van der Waals surface area (Å²) in [7, 11) is 1.54. The number of nitro groups is 1. The molecule has 0 aliphatic rings. The summed E-state index contributed by atoms with van der Waals surface area (Å²) in [6.45, 7) is 3.36. The molecule has 1 heterocycles. The molecule has 8 nitrogen and oxygen atoms in total. The molecule has 0 fully saturated rings. The summed E-state index contributed by atoms with van der Waals surface area (Å²) in [5.74, 6) is -0.509. The van der Waals surface area contributed by atoms with Crippen LogP contribution in [0.25, 0.3) is 6.08 Å². The Morgan fingerprint density at radius 3 is 2.36 bits per heavy atom. The van der Waals surface area contributed by atoms with Crippen molar-refractivity contribution in [2.45, 2.75) is 20.0 Å². The van der Waals surface area contributed by atoms with E-state index in [9.17, 15) is 19.7 Å². The molecule has 0 saturated heterocycles. The zero-order chi connectivity index (χ0) is 25.9. The van der Waals surface area contributed by atoms with Gasteiger partial charge in [-0.2, -0.15) is 0 Å². The Kier molecular flexibility index (Phi) is 9.91. The lowest BCUT2D eigenvalue weighted by Gasteiger charge is -2.27. The minimum absolute atomic E-state index is 0.0229. The molecule has 1 aromatic heterocycles. The Morgan fingerprint density at radius 1 is 1.03 bits per heavy atom. The third-order valence-electron chi connectivity index (χ3n) is 5.60. The lowest BCUT2D eigenvalue weighted by molar-refractivity contribution is -0.384. The molecular formula is C27H29N3O5S. The predicted molar refractivity (Wildman–Crippen MR) is 140 cm³/mol. The van der Waals surface area contributed by atoms with E-state index in [0.29, 0.717) is 18.7 Å². The number of thiophene rings is 1. The molecule has 0 unspecified atom stereocenters. The smallest absolute Gasteiger partial charge is 0.269 e. The molecule has 188 valence electrons. The maximum absolute atomic E-state index is 13.4. The van der Waals surface area contributed by atoms with Gasteiger partial charge in [-0.15, -0.1) is 11.3 Å². The summed E-state index contributed by atoms with van der Waals surface area (Å²) in [6, 6.07) is 17.7. The van der Waals surface area contributed by atoms with Gasteiger partial charge in [-0.05, 0) is 53.3 Å². The van der Waals surface area contributed by atoms with Crippen molar-refractivity contribution < 1.29 is 19.2 Å². The van der Waals surface area contributed by atoms with Gasteiger partial charge < -0.3 is 14.5 Å². The number of aryl methyl sites for hydroxylation is 1. The fourth-order valence-electron chi connectivity index (χ4n) is 3.49. The second-order valence-electron chi connectivity index (χ2n) is 8.20. The van der Waals surface area contributed by atoms with E-state index in [4.69, 9.17) is 4.74 Å². The van der Waals surface area contributed by atoms with Crippen molar-refractivity contribution in [3.8, 4) is 0 Å². The highest BCUT2D eigenvalue weighted by molar-refractivity contribution is 7.10. The third kappa shape index (κ3) is 7.86. The van der Waals surface area contributed by atoms with Gasteiger partial charge in [0.25, 0.3) is 5.69 Å². The fourth-order valence-corrected chi connectivity index (χ4v) is 4.41. The molecule has 0 spiro atoms. The van der Waals surface area contributed by atoms with Crippen molar-refractivity contribution in [1.29, 1.82) is 0 Å². The SMILES string of the molecule is COCCN(CC(=O)N(Cc1ccccc1)Cc1sccc1C)C(=O)C=Cc1ccc([N+](=O)[O-])cc1. The van der Waals surface area contributed by atoms with Crippen LogP contribution in [-0.2, 0) is 27.4 Å². The van der Waals surface area contributed by atoms with Crippen molar-refractivity contribution in [1.82, 2.24) is 9.80 Å². The van der Waals surface area contributed by atoms with E-state index < -0.39 is 4.92 Å². The van der Waals surface area contributed by atoms with Crippen molar-refractivity contribution in [3.05, 3.63) is 104 Å². The molecular weight excluding hydrogens is 478 g/mol. The summed E-state index contributed by atoms with van der Waals surface area (Å²) in [6.07, 6.45) is 2.95. The van der Waals surface area contributed by atoms with Crippen LogP contribution >= 0.6 is 11.3 Å². The van der Waals surface area contributed by atoms with E-state index in [1.54, 1.807) is 41.6 Å². The standard InChI is InChI=1S/C27H29N3O5S/c1-21-14-17-36-25(21)19-29(18-23-6-4-3-5-7-23)27(32)20-28(15-16-35-2)26(31)13-10-22-8-11-24(12-9-22)30(33)34/h3-14,17H,15-16,18-20H2,1-2H3. The zero-order valence-corrected chi connectivity index (χ0v) is 21.1. The van der Waals surface area contributed by atoms with Gasteiger partial charge in [-0.1, -0.05) is 30.3 Å². The van der Waals surface area contributed by atoms with Crippen LogP contribution in [0, 0.1) is 17.0 Å². The summed E-state index contributed by atoms with van der Waals surface area (Å²) < 4.78 is 5.15. The van der Waals surface area contributed by atoms with Gasteiger partial charge in [0, 0.05) is 43.3 Å². The van der Waals surface area contributed by atoms with Gasteiger partial charge in [0.15, 0.2) is 0 Å². The van der Waals surface area contributed by atoms with E-state index >= 15 is 0 Å². The van der Waals surface area contributed by atoms with Crippen LogP contribution in [0.1, 0.15) is 21.6 Å². The molecule has 0 N–H and O–H groups in total. The van der Waals surface area contributed by atoms with Gasteiger partial charge >= 0.3 is 0 Å². The lowest BCUT2D eigenvalue weighted by atomic mass is 10.2. The molecule has 0 aliphatic heterocycles. The molecule has 0 atom stereocenters. The maximum atomic E-state index is 13.4. The minimum atomic E-state index is -0.477. The number of methoxy groups -OCH3 is 1. The number of hydrogen-bond acceptors (Lipinski definition) is 6. The number of carbonyl (C=O) groups excluding carboxylic acids is 2. The van der Waals surface area contributed by atoms with Crippen LogP contribution in [0.5, 0.6) is 0 Å². The number of ether oxygens (including phenoxy) is 1. The number of benzene rings is 2. The van der Waals surface area contributed by atoms with Gasteiger partial charge in [0.05, 0.1) is 18.1 Å². The Morgan fingerprint density at radius 2 is 1.75 bits per heavy atom. The topological polar surface area (TPSA) is 93.0 Å². The largest absolute Gasteiger partial charge is 0.383 e. The molecule has 2 aromatic carbocycles. The van der Waals surface area contributed by atoms with Crippen LogP contribution in [0.2, 0.25) is 0 Å². The number of amides is 2. The molecule has 0 radical (unpaired) electrons. The van der Waals surface area contributed by atoms with E-state index in [1.807, 2.05) is 48.7 Å². The molecule has 9 heteroatoms. The first-order valence-corrected chi connectivity index (χ1v) is 12.3. The average Bonchev–Trinajstić information content (AvgIpc) is 3.29. The molecule has 3 rings (SSSR count). The van der Waals surface area contributed by atoms with E-state index in [0.717, 1.165) is 16.0 Å². The first-order chi connectivity index (χ1) is 17.4. The highest BCUT2D eigenvalue weighted by Crippen LogP contribution is 2.20. The van der Waals surface area contributed by atoms with Crippen LogP contribution in [0.4, 0.5) is 5.69 Å². The number of non-ortho nitro benzene ring substituents is 1. The van der Waals surface area contributed by atoms with Gasteiger partial charge in [-0.25, -0.2) is 0 Å². The summed E-state index contributed by atoms with van der Waals surface area (Å²) in [5.41, 5.74) is 2.76. The molecule has 0 bridgehead atoms. The molecule has 0 aliphatic carbocycles. The van der Waals surface area contributed by atoms with Gasteiger partial charge in [0.1, 0.15) is 6.54 Å². The summed E-state index contributed by atoms with van der Waals surface area (Å²) in [4.78, 5) is 41.1. The third-order valence-corrected chi connectivity index (χ3v) is 6.60. The fraction of sp³-hybridized carbons (Fsp3) is 0.259. The van der Waals surface area contributed by atoms with E-state index in [2.05, 4.69) is 0 Å². The normalized spacial score (nSPS) is 10.9. The second kappa shape index (κ2) is 13.3. The van der Waals surface area contributed by atoms with Crippen molar-refractivity contribution in [3.63, 3.8) is 0 Å². The summed E-state index contributed by atoms with van der Waals surface area (Å²) >= 11 is 1.61. The molecule has 0 saturated carbocycles. The average molecular weight is 508 g/mol. The maximum Gasteiger partial charge on any atom is 0.269 e. The monoisotopic (exact) mass is 507 g/mol. The number of nitro benzene ring substituents is 1. The number of nitrogens with zero attached hydrogens (tertiary/aromatic N) is 3. The van der Waals surface area contributed by atoms with Crippen LogP contribution in [0.15, 0.2) is 72.1 Å². The summed E-state index contributed by atoms with van der Waals surface area (Å²) in [5, 5.41) is 12.8. The number of hydrogen-bond donors (Lipinski definition) is 0. The van der Waals surface area contributed by atoms with Crippen molar-refractivity contribution >= 4 is 34.9 Å². The van der Waals surface area contributed by atoms with Gasteiger partial charge in [-0.3, -0.25) is 19.7 Å².